The first-order valence-electron chi connectivity index (χ1n) is 3.74. The van der Waals surface area contributed by atoms with Crippen molar-refractivity contribution in [2.24, 2.45) is 0 Å². The van der Waals surface area contributed by atoms with E-state index in [1.807, 2.05) is 6.07 Å². The summed E-state index contributed by atoms with van der Waals surface area (Å²) in [4.78, 5) is 3.96. The molecule has 2 nitrogen and oxygen atoms in total. The van der Waals surface area contributed by atoms with Crippen molar-refractivity contribution in [1.29, 1.82) is 0 Å². The Morgan fingerprint density at radius 3 is 2.83 bits per heavy atom. The van der Waals surface area contributed by atoms with Gasteiger partial charge in [-0.05, 0) is 28.8 Å². The third-order valence-corrected chi connectivity index (χ3v) is 2.16. The number of hydrogen-bond donors (Lipinski definition) is 0. The summed E-state index contributed by atoms with van der Waals surface area (Å²) in [5, 5.41) is 0.458. The van der Waals surface area contributed by atoms with Crippen LogP contribution in [0.5, 0.6) is 5.75 Å². The average Bonchev–Trinajstić information content (AvgIpc) is 2.68. The highest BCUT2D eigenvalue weighted by Crippen LogP contribution is 2.29. The van der Waals surface area contributed by atoms with Gasteiger partial charge in [-0.25, -0.2) is 4.98 Å². The number of halogens is 2. The van der Waals surface area contributed by atoms with Crippen molar-refractivity contribution >= 4 is 27.5 Å². The van der Waals surface area contributed by atoms with Crippen LogP contribution in [-0.2, 0) is 0 Å². The summed E-state index contributed by atoms with van der Waals surface area (Å²) in [6.07, 6.45) is 2.70. The molecule has 0 bridgehead atoms. The van der Waals surface area contributed by atoms with Crippen molar-refractivity contribution in [2.45, 2.75) is 18.9 Å². The van der Waals surface area contributed by atoms with E-state index in [0.29, 0.717) is 15.9 Å². The molecule has 1 aromatic rings. The molecule has 1 saturated carbocycles. The molecule has 0 atom stereocenters. The smallest absolute Gasteiger partial charge is 0.134 e. The molecule has 1 aliphatic rings. The van der Waals surface area contributed by atoms with Gasteiger partial charge in [-0.15, -0.1) is 0 Å². The molecule has 0 spiro atoms. The number of hydrogen-bond acceptors (Lipinski definition) is 2. The first-order chi connectivity index (χ1) is 5.74. The first-order valence-corrected chi connectivity index (χ1v) is 4.91. The van der Waals surface area contributed by atoms with Gasteiger partial charge in [0.25, 0.3) is 0 Å². The monoisotopic (exact) mass is 247 g/mol. The molecular formula is C8H7BrClNO. The number of ether oxygens (including phenoxy) is 1. The van der Waals surface area contributed by atoms with E-state index in [2.05, 4.69) is 20.9 Å². The molecule has 0 aromatic carbocycles. The lowest BCUT2D eigenvalue weighted by molar-refractivity contribution is 0.302. The SMILES string of the molecule is Clc1cc(OC2CC2)cc(Br)n1. The normalized spacial score (nSPS) is 16.2. The average molecular weight is 249 g/mol. The number of nitrogens with zero attached hydrogens (tertiary/aromatic N) is 1. The maximum Gasteiger partial charge on any atom is 0.134 e. The van der Waals surface area contributed by atoms with Gasteiger partial charge in [-0.1, -0.05) is 11.6 Å². The molecule has 0 amide bonds. The van der Waals surface area contributed by atoms with Gasteiger partial charge in [-0.3, -0.25) is 0 Å². The van der Waals surface area contributed by atoms with Crippen LogP contribution in [0.2, 0.25) is 5.15 Å². The molecule has 1 aliphatic carbocycles. The van der Waals surface area contributed by atoms with E-state index in [1.54, 1.807) is 6.07 Å². The quantitative estimate of drug-likeness (QED) is 0.751. The fourth-order valence-corrected chi connectivity index (χ4v) is 1.61. The van der Waals surface area contributed by atoms with Gasteiger partial charge in [0.05, 0.1) is 6.10 Å². The fourth-order valence-electron chi connectivity index (χ4n) is 0.889. The maximum absolute atomic E-state index is 5.73. The van der Waals surface area contributed by atoms with Crippen LogP contribution in [0.15, 0.2) is 16.7 Å². The lowest BCUT2D eigenvalue weighted by Crippen LogP contribution is -1.96. The summed E-state index contributed by atoms with van der Waals surface area (Å²) in [6.45, 7) is 0. The molecular weight excluding hydrogens is 241 g/mol. The van der Waals surface area contributed by atoms with E-state index in [9.17, 15) is 0 Å². The summed E-state index contributed by atoms with van der Waals surface area (Å²) in [7, 11) is 0. The molecule has 1 heterocycles. The molecule has 1 fully saturated rings. The summed E-state index contributed by atoms with van der Waals surface area (Å²) in [5.41, 5.74) is 0. The van der Waals surface area contributed by atoms with Crippen molar-refractivity contribution in [3.05, 3.63) is 21.9 Å². The third kappa shape index (κ3) is 2.11. The second-order valence-electron chi connectivity index (χ2n) is 2.77. The van der Waals surface area contributed by atoms with Crippen molar-refractivity contribution < 1.29 is 4.74 Å². The highest BCUT2D eigenvalue weighted by atomic mass is 79.9. The Bertz CT molecular complexity index is 281. The summed E-state index contributed by atoms with van der Waals surface area (Å²) in [6, 6.07) is 3.55. The first kappa shape index (κ1) is 8.32. The molecule has 0 aliphatic heterocycles. The van der Waals surface area contributed by atoms with E-state index in [0.717, 1.165) is 18.6 Å². The topological polar surface area (TPSA) is 22.1 Å². The van der Waals surface area contributed by atoms with Gasteiger partial charge in [0.2, 0.25) is 0 Å². The van der Waals surface area contributed by atoms with Crippen LogP contribution >= 0.6 is 27.5 Å². The highest BCUT2D eigenvalue weighted by molar-refractivity contribution is 9.10. The second-order valence-corrected chi connectivity index (χ2v) is 3.97. The minimum atomic E-state index is 0.398. The van der Waals surface area contributed by atoms with Crippen LogP contribution in [-0.4, -0.2) is 11.1 Å². The molecule has 1 aromatic heterocycles. The van der Waals surface area contributed by atoms with Gasteiger partial charge >= 0.3 is 0 Å². The van der Waals surface area contributed by atoms with E-state index in [4.69, 9.17) is 16.3 Å². The van der Waals surface area contributed by atoms with Crippen molar-refractivity contribution in [1.82, 2.24) is 4.98 Å². The Morgan fingerprint density at radius 2 is 2.25 bits per heavy atom. The number of aromatic nitrogens is 1. The predicted octanol–water partition coefficient (Wildman–Crippen LogP) is 3.04. The van der Waals surface area contributed by atoms with Crippen molar-refractivity contribution in [3.8, 4) is 5.75 Å². The van der Waals surface area contributed by atoms with E-state index >= 15 is 0 Å². The molecule has 4 heteroatoms. The Balaban J connectivity index is 2.18. The standard InChI is InChI=1S/C8H7BrClNO/c9-7-3-6(4-8(10)11-7)12-5-1-2-5/h3-5H,1-2H2. The molecule has 0 radical (unpaired) electrons. The second kappa shape index (κ2) is 3.23. The van der Waals surface area contributed by atoms with E-state index < -0.39 is 0 Å². The highest BCUT2D eigenvalue weighted by Gasteiger charge is 2.23. The van der Waals surface area contributed by atoms with Crippen LogP contribution in [0, 0.1) is 0 Å². The van der Waals surface area contributed by atoms with Gasteiger partial charge in [-0.2, -0.15) is 0 Å². The Kier molecular flexibility index (Phi) is 2.24. The number of pyridine rings is 1. The molecule has 12 heavy (non-hydrogen) atoms. The minimum absolute atomic E-state index is 0.398. The van der Waals surface area contributed by atoms with Crippen LogP contribution in [0.3, 0.4) is 0 Å². The van der Waals surface area contributed by atoms with Gasteiger partial charge in [0.1, 0.15) is 15.5 Å². The molecule has 0 N–H and O–H groups in total. The molecule has 64 valence electrons. The van der Waals surface area contributed by atoms with Crippen LogP contribution < -0.4 is 4.74 Å². The lowest BCUT2D eigenvalue weighted by Gasteiger charge is -2.03. The summed E-state index contributed by atoms with van der Waals surface area (Å²) >= 11 is 8.98. The minimum Gasteiger partial charge on any atom is -0.490 e. The van der Waals surface area contributed by atoms with Crippen LogP contribution in [0.25, 0.3) is 0 Å². The van der Waals surface area contributed by atoms with Crippen molar-refractivity contribution in [2.75, 3.05) is 0 Å². The van der Waals surface area contributed by atoms with Gasteiger partial charge in [0.15, 0.2) is 0 Å². The summed E-state index contributed by atoms with van der Waals surface area (Å²) < 4.78 is 6.25. The predicted molar refractivity (Wildman–Crippen MR) is 50.6 cm³/mol. The molecule has 0 unspecified atom stereocenters. The fraction of sp³-hybridized carbons (Fsp3) is 0.375. The van der Waals surface area contributed by atoms with Gasteiger partial charge < -0.3 is 4.74 Å². The zero-order valence-electron chi connectivity index (χ0n) is 6.26. The van der Waals surface area contributed by atoms with E-state index in [-0.39, 0.29) is 0 Å². The zero-order valence-corrected chi connectivity index (χ0v) is 8.60. The van der Waals surface area contributed by atoms with Gasteiger partial charge in [0, 0.05) is 12.1 Å². The van der Waals surface area contributed by atoms with Crippen LogP contribution in [0.1, 0.15) is 12.8 Å². The third-order valence-electron chi connectivity index (χ3n) is 1.56. The number of rotatable bonds is 2. The van der Waals surface area contributed by atoms with E-state index in [1.165, 1.54) is 0 Å². The lowest BCUT2D eigenvalue weighted by atomic mass is 10.4. The molecule has 0 saturated heterocycles. The molecule has 2 rings (SSSR count). The maximum atomic E-state index is 5.73. The Hall–Kier alpha value is -0.280. The Labute approximate surface area is 84.0 Å². The Morgan fingerprint density at radius 1 is 1.50 bits per heavy atom. The van der Waals surface area contributed by atoms with Crippen LogP contribution in [0.4, 0.5) is 0 Å². The zero-order chi connectivity index (χ0) is 8.55. The van der Waals surface area contributed by atoms with Crippen molar-refractivity contribution in [3.63, 3.8) is 0 Å². The summed E-state index contributed by atoms with van der Waals surface area (Å²) in [5.74, 6) is 0.796. The largest absolute Gasteiger partial charge is 0.490 e.